The number of nitrogens with one attached hydrogen (secondary N) is 2. The van der Waals surface area contributed by atoms with Crippen LogP contribution in [-0.2, 0) is 11.2 Å². The number of hydrogen-bond donors (Lipinski definition) is 2. The molecule has 0 saturated heterocycles. The van der Waals surface area contributed by atoms with Crippen molar-refractivity contribution in [3.63, 3.8) is 0 Å². The summed E-state index contributed by atoms with van der Waals surface area (Å²) in [5.74, 6) is 0.773. The van der Waals surface area contributed by atoms with E-state index in [2.05, 4.69) is 20.6 Å². The van der Waals surface area contributed by atoms with E-state index < -0.39 is 0 Å². The molecule has 0 unspecified atom stereocenters. The van der Waals surface area contributed by atoms with Crippen molar-refractivity contribution in [3.8, 4) is 22.1 Å². The van der Waals surface area contributed by atoms with Crippen LogP contribution in [0.2, 0.25) is 0 Å². The average molecular weight is 495 g/mol. The third-order valence-electron chi connectivity index (χ3n) is 4.88. The van der Waals surface area contributed by atoms with Gasteiger partial charge >= 0.3 is 0 Å². The third-order valence-corrected chi connectivity index (χ3v) is 6.73. The zero-order valence-corrected chi connectivity index (χ0v) is 20.4. The Morgan fingerprint density at radius 1 is 0.941 bits per heavy atom. The molecule has 2 heterocycles. The van der Waals surface area contributed by atoms with Crippen molar-refractivity contribution in [3.05, 3.63) is 70.7 Å². The normalized spacial score (nSPS) is 10.6. The molecule has 0 aliphatic heterocycles. The molecule has 0 atom stereocenters. The lowest BCUT2D eigenvalue weighted by molar-refractivity contribution is -0.115. The molecule has 174 valence electrons. The van der Waals surface area contributed by atoms with E-state index in [-0.39, 0.29) is 18.2 Å². The number of methoxy groups -OCH3 is 2. The molecule has 0 fully saturated rings. The predicted molar refractivity (Wildman–Crippen MR) is 134 cm³/mol. The van der Waals surface area contributed by atoms with Gasteiger partial charge in [0, 0.05) is 5.38 Å². The molecule has 0 radical (unpaired) electrons. The first kappa shape index (κ1) is 23.4. The Labute approximate surface area is 204 Å². The molecule has 0 aliphatic rings. The second kappa shape index (κ2) is 10.4. The van der Waals surface area contributed by atoms with E-state index in [1.165, 1.54) is 29.8 Å². The lowest BCUT2D eigenvalue weighted by Crippen LogP contribution is -2.14. The highest BCUT2D eigenvalue weighted by Gasteiger charge is 2.18. The smallest absolute Gasteiger partial charge is 0.261 e. The molecular formula is C24H22N4O4S2. The number of aryl methyl sites for hydroxylation is 1. The molecule has 2 N–H and O–H groups in total. The molecule has 2 aromatic heterocycles. The summed E-state index contributed by atoms with van der Waals surface area (Å²) in [4.78, 5) is 34.9. The number of amides is 2. The van der Waals surface area contributed by atoms with Crippen LogP contribution < -0.4 is 20.1 Å². The number of thiazole rings is 2. The third kappa shape index (κ3) is 5.41. The Kier molecular flexibility index (Phi) is 7.19. The number of carbonyl (C=O) groups excluding carboxylic acids is 2. The summed E-state index contributed by atoms with van der Waals surface area (Å²) >= 11 is 2.66. The molecule has 10 heteroatoms. The standard InChI is InChI=1S/C24H22N4O4S2/c1-14-21(34-24(25-14)28-22(30)17-6-4-5-7-19(17)32-3)18-13-33-23(26-18)27-20(29)12-15-8-10-16(31-2)11-9-15/h4-11,13H,12H2,1-3H3,(H,25,28,30)(H,26,27,29). The maximum Gasteiger partial charge on any atom is 0.261 e. The quantitative estimate of drug-likeness (QED) is 0.356. The van der Waals surface area contributed by atoms with Gasteiger partial charge in [-0.15, -0.1) is 11.3 Å². The maximum absolute atomic E-state index is 12.7. The Hall–Kier alpha value is -3.76. The van der Waals surface area contributed by atoms with Gasteiger partial charge in [0.05, 0.1) is 42.5 Å². The van der Waals surface area contributed by atoms with Gasteiger partial charge in [-0.05, 0) is 36.8 Å². The van der Waals surface area contributed by atoms with E-state index in [1.807, 2.05) is 36.6 Å². The molecular weight excluding hydrogens is 472 g/mol. The van der Waals surface area contributed by atoms with Crippen molar-refractivity contribution in [2.45, 2.75) is 13.3 Å². The van der Waals surface area contributed by atoms with Gasteiger partial charge in [-0.1, -0.05) is 35.6 Å². The minimum Gasteiger partial charge on any atom is -0.497 e. The topological polar surface area (TPSA) is 102 Å². The van der Waals surface area contributed by atoms with E-state index >= 15 is 0 Å². The van der Waals surface area contributed by atoms with Crippen molar-refractivity contribution < 1.29 is 19.1 Å². The van der Waals surface area contributed by atoms with E-state index in [0.29, 0.717) is 27.3 Å². The lowest BCUT2D eigenvalue weighted by Gasteiger charge is -2.06. The zero-order chi connectivity index (χ0) is 24.1. The summed E-state index contributed by atoms with van der Waals surface area (Å²) < 4.78 is 10.4. The summed E-state index contributed by atoms with van der Waals surface area (Å²) in [7, 11) is 3.12. The number of nitrogens with zero attached hydrogens (tertiary/aromatic N) is 2. The van der Waals surface area contributed by atoms with Crippen LogP contribution in [0.15, 0.2) is 53.9 Å². The summed E-state index contributed by atoms with van der Waals surface area (Å²) in [6, 6.07) is 14.3. The summed E-state index contributed by atoms with van der Waals surface area (Å²) in [5.41, 5.74) is 2.73. The number of para-hydroxylation sites is 1. The van der Waals surface area contributed by atoms with Crippen LogP contribution in [-0.4, -0.2) is 36.0 Å². The second-order valence-corrected chi connectivity index (χ2v) is 9.06. The molecule has 4 rings (SSSR count). The number of carbonyl (C=O) groups is 2. The van der Waals surface area contributed by atoms with E-state index in [4.69, 9.17) is 9.47 Å². The van der Waals surface area contributed by atoms with Crippen molar-refractivity contribution in [2.75, 3.05) is 24.9 Å². The van der Waals surface area contributed by atoms with E-state index in [9.17, 15) is 9.59 Å². The molecule has 0 bridgehead atoms. The van der Waals surface area contributed by atoms with Gasteiger partial charge in [0.1, 0.15) is 11.5 Å². The Morgan fingerprint density at radius 3 is 2.44 bits per heavy atom. The highest BCUT2D eigenvalue weighted by Crippen LogP contribution is 2.35. The van der Waals surface area contributed by atoms with Crippen molar-refractivity contribution in [1.82, 2.24) is 9.97 Å². The summed E-state index contributed by atoms with van der Waals surface area (Å²) in [5, 5.41) is 8.48. The Balaban J connectivity index is 1.42. The van der Waals surface area contributed by atoms with Crippen molar-refractivity contribution in [1.29, 1.82) is 0 Å². The van der Waals surface area contributed by atoms with E-state index in [1.54, 1.807) is 31.4 Å². The maximum atomic E-state index is 12.7. The molecule has 8 nitrogen and oxygen atoms in total. The number of benzene rings is 2. The number of rotatable bonds is 8. The van der Waals surface area contributed by atoms with Crippen LogP contribution in [0.1, 0.15) is 21.6 Å². The van der Waals surface area contributed by atoms with Gasteiger partial charge in [0.15, 0.2) is 10.3 Å². The first-order chi connectivity index (χ1) is 16.5. The molecule has 34 heavy (non-hydrogen) atoms. The Bertz CT molecular complexity index is 1310. The van der Waals surface area contributed by atoms with Crippen LogP contribution in [0.3, 0.4) is 0 Å². The van der Waals surface area contributed by atoms with Gasteiger partial charge in [-0.2, -0.15) is 0 Å². The van der Waals surface area contributed by atoms with Crippen LogP contribution in [0.25, 0.3) is 10.6 Å². The fourth-order valence-electron chi connectivity index (χ4n) is 3.21. The van der Waals surface area contributed by atoms with Gasteiger partial charge in [-0.3, -0.25) is 14.9 Å². The molecule has 0 aliphatic carbocycles. The molecule has 0 spiro atoms. The van der Waals surface area contributed by atoms with E-state index in [0.717, 1.165) is 21.9 Å². The largest absolute Gasteiger partial charge is 0.497 e. The molecule has 4 aromatic rings. The number of aromatic nitrogens is 2. The minimum absolute atomic E-state index is 0.156. The van der Waals surface area contributed by atoms with Crippen LogP contribution >= 0.6 is 22.7 Å². The monoisotopic (exact) mass is 494 g/mol. The molecule has 2 aromatic carbocycles. The highest BCUT2D eigenvalue weighted by atomic mass is 32.1. The predicted octanol–water partition coefficient (Wildman–Crippen LogP) is 5.03. The van der Waals surface area contributed by atoms with Gasteiger partial charge in [0.25, 0.3) is 5.91 Å². The Morgan fingerprint density at radius 2 is 1.71 bits per heavy atom. The highest BCUT2D eigenvalue weighted by molar-refractivity contribution is 7.20. The SMILES string of the molecule is COc1ccc(CC(=O)Nc2nc(-c3sc(NC(=O)c4ccccc4OC)nc3C)cs2)cc1. The number of anilines is 2. The first-order valence-electron chi connectivity index (χ1n) is 10.3. The fraction of sp³-hybridized carbons (Fsp3) is 0.167. The van der Waals surface area contributed by atoms with Crippen LogP contribution in [0, 0.1) is 6.92 Å². The zero-order valence-electron chi connectivity index (χ0n) is 18.7. The van der Waals surface area contributed by atoms with Gasteiger partial charge in [-0.25, -0.2) is 9.97 Å². The molecule has 0 saturated carbocycles. The average Bonchev–Trinajstić information content (AvgIpc) is 3.45. The minimum atomic E-state index is -0.303. The van der Waals surface area contributed by atoms with Crippen LogP contribution in [0.4, 0.5) is 10.3 Å². The first-order valence-corrected chi connectivity index (χ1v) is 12.0. The van der Waals surface area contributed by atoms with Crippen molar-refractivity contribution >= 4 is 44.8 Å². The van der Waals surface area contributed by atoms with Gasteiger partial charge < -0.3 is 14.8 Å². The lowest BCUT2D eigenvalue weighted by atomic mass is 10.1. The fourth-order valence-corrected chi connectivity index (χ4v) is 4.93. The second-order valence-electron chi connectivity index (χ2n) is 7.20. The van der Waals surface area contributed by atoms with Crippen molar-refractivity contribution in [2.24, 2.45) is 0 Å². The molecule has 2 amide bonds. The van der Waals surface area contributed by atoms with Crippen LogP contribution in [0.5, 0.6) is 11.5 Å². The number of ether oxygens (including phenoxy) is 2. The number of hydrogen-bond acceptors (Lipinski definition) is 8. The summed E-state index contributed by atoms with van der Waals surface area (Å²) in [6.07, 6.45) is 0.234. The van der Waals surface area contributed by atoms with Gasteiger partial charge in [0.2, 0.25) is 5.91 Å². The summed E-state index contributed by atoms with van der Waals surface area (Å²) in [6.45, 7) is 1.85.